The van der Waals surface area contributed by atoms with Crippen LogP contribution in [0.25, 0.3) is 10.9 Å². The highest BCUT2D eigenvalue weighted by Gasteiger charge is 2.18. The van der Waals surface area contributed by atoms with Gasteiger partial charge in [0.1, 0.15) is 0 Å². The van der Waals surface area contributed by atoms with Gasteiger partial charge in [0.05, 0.1) is 23.2 Å². The first-order chi connectivity index (χ1) is 17.5. The van der Waals surface area contributed by atoms with E-state index >= 15 is 0 Å². The summed E-state index contributed by atoms with van der Waals surface area (Å²) in [5.74, 6) is 0.204. The standard InChI is InChI=1S/C29H26N4O2S/c1-20-15-25(21(2)32(20)17-22-9-4-3-5-10-22)27(34)19-36-29-31-26-13-7-6-12-24(26)28(35)33(29)18-23-11-8-14-30-16-23/h3-16H,17-19H2,1-2H3. The van der Waals surface area contributed by atoms with Gasteiger partial charge in [0.2, 0.25) is 0 Å². The minimum Gasteiger partial charge on any atom is -0.344 e. The predicted molar refractivity (Wildman–Crippen MR) is 144 cm³/mol. The van der Waals surface area contributed by atoms with Gasteiger partial charge in [0, 0.05) is 35.9 Å². The molecule has 0 bridgehead atoms. The lowest BCUT2D eigenvalue weighted by Gasteiger charge is -2.13. The second-order valence-electron chi connectivity index (χ2n) is 8.73. The smallest absolute Gasteiger partial charge is 0.262 e. The Morgan fingerprint density at radius 1 is 0.889 bits per heavy atom. The zero-order valence-corrected chi connectivity index (χ0v) is 21.0. The fraction of sp³-hybridized carbons (Fsp3) is 0.172. The summed E-state index contributed by atoms with van der Waals surface area (Å²) in [4.78, 5) is 35.6. The molecule has 2 aromatic carbocycles. The summed E-state index contributed by atoms with van der Waals surface area (Å²) >= 11 is 1.30. The van der Waals surface area contributed by atoms with Gasteiger partial charge in [0.25, 0.3) is 5.56 Å². The van der Waals surface area contributed by atoms with Crippen LogP contribution >= 0.6 is 11.8 Å². The number of benzene rings is 2. The number of carbonyl (C=O) groups is 1. The largest absolute Gasteiger partial charge is 0.344 e. The highest BCUT2D eigenvalue weighted by Crippen LogP contribution is 2.23. The Kier molecular flexibility index (Phi) is 6.82. The van der Waals surface area contributed by atoms with Crippen molar-refractivity contribution in [1.29, 1.82) is 0 Å². The molecule has 0 aliphatic rings. The third-order valence-electron chi connectivity index (χ3n) is 6.28. The van der Waals surface area contributed by atoms with Gasteiger partial charge in [-0.2, -0.15) is 0 Å². The van der Waals surface area contributed by atoms with Crippen molar-refractivity contribution >= 4 is 28.4 Å². The molecule has 0 spiro atoms. The zero-order valence-electron chi connectivity index (χ0n) is 20.2. The zero-order chi connectivity index (χ0) is 25.1. The monoisotopic (exact) mass is 494 g/mol. The Morgan fingerprint density at radius 2 is 1.61 bits per heavy atom. The van der Waals surface area contributed by atoms with Crippen LogP contribution in [0.4, 0.5) is 0 Å². The minimum atomic E-state index is -0.125. The Morgan fingerprint density at radius 3 is 2.39 bits per heavy atom. The topological polar surface area (TPSA) is 69.8 Å². The first-order valence-corrected chi connectivity index (χ1v) is 12.7. The van der Waals surface area contributed by atoms with E-state index in [0.29, 0.717) is 28.2 Å². The number of para-hydroxylation sites is 1. The van der Waals surface area contributed by atoms with Crippen molar-refractivity contribution < 1.29 is 4.79 Å². The first kappa shape index (κ1) is 23.8. The molecule has 0 fully saturated rings. The van der Waals surface area contributed by atoms with E-state index in [1.54, 1.807) is 23.0 Å². The molecule has 0 amide bonds. The normalized spacial score (nSPS) is 11.2. The lowest BCUT2D eigenvalue weighted by atomic mass is 10.2. The van der Waals surface area contributed by atoms with Crippen LogP contribution < -0.4 is 5.56 Å². The molecule has 5 rings (SSSR count). The molecule has 0 aliphatic carbocycles. The third-order valence-corrected chi connectivity index (χ3v) is 7.26. The van der Waals surface area contributed by atoms with Crippen LogP contribution in [0.1, 0.15) is 32.9 Å². The Labute approximate surface area is 213 Å². The molecule has 3 aromatic heterocycles. The summed E-state index contributed by atoms with van der Waals surface area (Å²) in [5.41, 5.74) is 5.28. The van der Waals surface area contributed by atoms with Crippen LogP contribution in [0.3, 0.4) is 0 Å². The van der Waals surface area contributed by atoms with Gasteiger partial charge in [-0.15, -0.1) is 0 Å². The number of hydrogen-bond acceptors (Lipinski definition) is 5. The van der Waals surface area contributed by atoms with E-state index in [-0.39, 0.29) is 17.1 Å². The number of Topliss-reactive ketones (excluding diaryl/α,β-unsaturated/α-hetero) is 1. The van der Waals surface area contributed by atoms with Crippen molar-refractivity contribution in [3.8, 4) is 0 Å². The summed E-state index contributed by atoms with van der Waals surface area (Å²) in [6.07, 6.45) is 3.44. The number of carbonyl (C=O) groups excluding carboxylic acids is 1. The molecule has 6 nitrogen and oxygen atoms in total. The minimum absolute atomic E-state index is 0.0164. The maximum atomic E-state index is 13.3. The molecule has 0 radical (unpaired) electrons. The van der Waals surface area contributed by atoms with Crippen molar-refractivity contribution in [2.24, 2.45) is 0 Å². The number of aryl methyl sites for hydroxylation is 1. The lowest BCUT2D eigenvalue weighted by Crippen LogP contribution is -2.24. The van der Waals surface area contributed by atoms with Crippen molar-refractivity contribution in [3.05, 3.63) is 124 Å². The number of nitrogens with zero attached hydrogens (tertiary/aromatic N) is 4. The molecule has 180 valence electrons. The number of fused-ring (bicyclic) bond motifs is 1. The Balaban J connectivity index is 1.42. The molecule has 7 heteroatoms. The number of rotatable bonds is 8. The molecular weight excluding hydrogens is 468 g/mol. The molecule has 3 heterocycles. The summed E-state index contributed by atoms with van der Waals surface area (Å²) in [5, 5.41) is 1.08. The van der Waals surface area contributed by atoms with Gasteiger partial charge in [-0.25, -0.2) is 4.98 Å². The molecule has 36 heavy (non-hydrogen) atoms. The Bertz CT molecular complexity index is 1590. The van der Waals surface area contributed by atoms with Crippen molar-refractivity contribution in [3.63, 3.8) is 0 Å². The number of ketones is 1. The number of aromatic nitrogens is 4. The van der Waals surface area contributed by atoms with Gasteiger partial charge in [0.15, 0.2) is 10.9 Å². The van der Waals surface area contributed by atoms with Gasteiger partial charge in [-0.3, -0.25) is 19.1 Å². The number of thioether (sulfide) groups is 1. The molecule has 0 aliphatic heterocycles. The van der Waals surface area contributed by atoms with E-state index in [2.05, 4.69) is 21.7 Å². The van der Waals surface area contributed by atoms with Crippen molar-refractivity contribution in [1.82, 2.24) is 19.1 Å². The van der Waals surface area contributed by atoms with Crippen molar-refractivity contribution in [2.75, 3.05) is 5.75 Å². The molecular formula is C29H26N4O2S. The van der Waals surface area contributed by atoms with Crippen LogP contribution in [0.15, 0.2) is 95.1 Å². The molecule has 0 saturated carbocycles. The molecule has 5 aromatic rings. The van der Waals surface area contributed by atoms with Crippen LogP contribution in [-0.2, 0) is 13.1 Å². The number of hydrogen-bond donors (Lipinski definition) is 0. The van der Waals surface area contributed by atoms with E-state index in [1.807, 2.05) is 68.4 Å². The summed E-state index contributed by atoms with van der Waals surface area (Å²) < 4.78 is 3.80. The van der Waals surface area contributed by atoms with E-state index in [1.165, 1.54) is 17.3 Å². The first-order valence-electron chi connectivity index (χ1n) is 11.8. The van der Waals surface area contributed by atoms with E-state index in [9.17, 15) is 9.59 Å². The Hall–Kier alpha value is -3.97. The molecule has 0 N–H and O–H groups in total. The van der Waals surface area contributed by atoms with E-state index < -0.39 is 0 Å². The maximum Gasteiger partial charge on any atom is 0.262 e. The number of pyridine rings is 1. The van der Waals surface area contributed by atoms with Gasteiger partial charge < -0.3 is 4.57 Å². The second kappa shape index (κ2) is 10.3. The van der Waals surface area contributed by atoms with Crippen LogP contribution in [0.2, 0.25) is 0 Å². The summed E-state index contributed by atoms with van der Waals surface area (Å²) in [7, 11) is 0. The van der Waals surface area contributed by atoms with Gasteiger partial charge >= 0.3 is 0 Å². The SMILES string of the molecule is Cc1cc(C(=O)CSc2nc3ccccc3c(=O)n2Cc2cccnc2)c(C)n1Cc1ccccc1. The second-order valence-corrected chi connectivity index (χ2v) is 9.67. The quantitative estimate of drug-likeness (QED) is 0.167. The average Bonchev–Trinajstić information content (AvgIpc) is 3.19. The van der Waals surface area contributed by atoms with Crippen LogP contribution in [0.5, 0.6) is 0 Å². The molecule has 0 unspecified atom stereocenters. The van der Waals surface area contributed by atoms with Crippen LogP contribution in [0, 0.1) is 13.8 Å². The maximum absolute atomic E-state index is 13.3. The third kappa shape index (κ3) is 4.88. The fourth-order valence-corrected chi connectivity index (χ4v) is 5.25. The predicted octanol–water partition coefficient (Wildman–Crippen LogP) is 5.28. The molecule has 0 atom stereocenters. The summed E-state index contributed by atoms with van der Waals surface area (Å²) in [6, 6.07) is 23.3. The average molecular weight is 495 g/mol. The van der Waals surface area contributed by atoms with E-state index in [4.69, 9.17) is 4.98 Å². The molecule has 0 saturated heterocycles. The highest BCUT2D eigenvalue weighted by atomic mass is 32.2. The van der Waals surface area contributed by atoms with Gasteiger partial charge in [-0.1, -0.05) is 60.3 Å². The van der Waals surface area contributed by atoms with Gasteiger partial charge in [-0.05, 0) is 49.2 Å². The highest BCUT2D eigenvalue weighted by molar-refractivity contribution is 7.99. The fourth-order valence-electron chi connectivity index (χ4n) is 4.37. The van der Waals surface area contributed by atoms with Crippen LogP contribution in [-0.4, -0.2) is 30.6 Å². The lowest BCUT2D eigenvalue weighted by molar-refractivity contribution is 0.102. The van der Waals surface area contributed by atoms with Crippen molar-refractivity contribution in [2.45, 2.75) is 32.1 Å². The van der Waals surface area contributed by atoms with E-state index in [0.717, 1.165) is 23.5 Å². The summed E-state index contributed by atoms with van der Waals surface area (Å²) in [6.45, 7) is 5.07.